The number of amides is 1. The lowest BCUT2D eigenvalue weighted by Crippen LogP contribution is -2.43. The molecule has 2 rings (SSSR count). The number of nitrogens with zero attached hydrogens (tertiary/aromatic N) is 2. The molecule has 19 heavy (non-hydrogen) atoms. The average Bonchev–Trinajstić information content (AvgIpc) is 2.78. The van der Waals surface area contributed by atoms with Gasteiger partial charge in [-0.15, -0.1) is 0 Å². The SMILES string of the molecule is C[C@H]1C[C@@H](C(=O)NCC#N)N(c2cccc(Br)c2)C1. The molecule has 1 aliphatic rings. The molecular formula is C14H16BrN3O. The van der Waals surface area contributed by atoms with Crippen LogP contribution in [0.5, 0.6) is 0 Å². The van der Waals surface area contributed by atoms with Crippen LogP contribution in [0, 0.1) is 17.2 Å². The maximum atomic E-state index is 12.1. The second-order valence-corrected chi connectivity index (χ2v) is 5.78. The smallest absolute Gasteiger partial charge is 0.243 e. The zero-order valence-corrected chi connectivity index (χ0v) is 12.4. The van der Waals surface area contributed by atoms with Crippen molar-refractivity contribution < 1.29 is 4.79 Å². The van der Waals surface area contributed by atoms with E-state index >= 15 is 0 Å². The average molecular weight is 322 g/mol. The van der Waals surface area contributed by atoms with Crippen LogP contribution >= 0.6 is 15.9 Å². The topological polar surface area (TPSA) is 56.1 Å². The maximum Gasteiger partial charge on any atom is 0.243 e. The number of halogens is 1. The second kappa shape index (κ2) is 6.07. The molecule has 1 heterocycles. The van der Waals surface area contributed by atoms with Crippen molar-refractivity contribution in [3.05, 3.63) is 28.7 Å². The van der Waals surface area contributed by atoms with Gasteiger partial charge in [0.25, 0.3) is 0 Å². The van der Waals surface area contributed by atoms with Crippen molar-refractivity contribution in [1.29, 1.82) is 5.26 Å². The Morgan fingerprint density at radius 3 is 3.11 bits per heavy atom. The van der Waals surface area contributed by atoms with E-state index in [2.05, 4.69) is 33.1 Å². The molecule has 1 aromatic carbocycles. The number of anilines is 1. The number of nitriles is 1. The Kier molecular flexibility index (Phi) is 4.43. The Hall–Kier alpha value is -1.54. The van der Waals surface area contributed by atoms with Gasteiger partial charge in [-0.3, -0.25) is 4.79 Å². The summed E-state index contributed by atoms with van der Waals surface area (Å²) < 4.78 is 1.00. The molecule has 0 saturated carbocycles. The third kappa shape index (κ3) is 3.27. The predicted octanol–water partition coefficient (Wildman–Crippen LogP) is 2.30. The Bertz CT molecular complexity index is 512. The van der Waals surface area contributed by atoms with Crippen molar-refractivity contribution in [3.8, 4) is 6.07 Å². The summed E-state index contributed by atoms with van der Waals surface area (Å²) in [4.78, 5) is 14.2. The highest BCUT2D eigenvalue weighted by atomic mass is 79.9. The van der Waals surface area contributed by atoms with Crippen LogP contribution in [0.3, 0.4) is 0 Å². The lowest BCUT2D eigenvalue weighted by Gasteiger charge is -2.25. The number of nitrogens with one attached hydrogen (secondary N) is 1. The van der Waals surface area contributed by atoms with E-state index in [4.69, 9.17) is 5.26 Å². The van der Waals surface area contributed by atoms with E-state index in [0.29, 0.717) is 5.92 Å². The van der Waals surface area contributed by atoms with Gasteiger partial charge < -0.3 is 10.2 Å². The van der Waals surface area contributed by atoms with Gasteiger partial charge in [-0.05, 0) is 30.5 Å². The van der Waals surface area contributed by atoms with Crippen LogP contribution in [0.1, 0.15) is 13.3 Å². The summed E-state index contributed by atoms with van der Waals surface area (Å²) in [7, 11) is 0. The van der Waals surface area contributed by atoms with Crippen molar-refractivity contribution in [2.24, 2.45) is 5.92 Å². The Morgan fingerprint density at radius 1 is 1.63 bits per heavy atom. The van der Waals surface area contributed by atoms with E-state index < -0.39 is 0 Å². The molecule has 1 N–H and O–H groups in total. The van der Waals surface area contributed by atoms with Gasteiger partial charge in [0.05, 0.1) is 6.07 Å². The van der Waals surface area contributed by atoms with E-state index in [1.807, 2.05) is 30.3 Å². The normalized spacial score (nSPS) is 22.1. The molecule has 0 aromatic heterocycles. The highest BCUT2D eigenvalue weighted by Gasteiger charge is 2.34. The molecule has 1 fully saturated rings. The Balaban J connectivity index is 2.18. The lowest BCUT2D eigenvalue weighted by molar-refractivity contribution is -0.122. The summed E-state index contributed by atoms with van der Waals surface area (Å²) in [5.74, 6) is 0.405. The molecule has 5 heteroatoms. The van der Waals surface area contributed by atoms with Gasteiger partial charge in [-0.2, -0.15) is 5.26 Å². The summed E-state index contributed by atoms with van der Waals surface area (Å²) >= 11 is 3.45. The quantitative estimate of drug-likeness (QED) is 0.869. The summed E-state index contributed by atoms with van der Waals surface area (Å²) in [6, 6.07) is 9.71. The number of carbonyl (C=O) groups is 1. The van der Waals surface area contributed by atoms with Crippen LogP contribution in [0.2, 0.25) is 0 Å². The third-order valence-corrected chi connectivity index (χ3v) is 3.79. The first-order chi connectivity index (χ1) is 9.11. The first-order valence-corrected chi connectivity index (χ1v) is 7.08. The van der Waals surface area contributed by atoms with Crippen molar-refractivity contribution in [2.45, 2.75) is 19.4 Å². The minimum Gasteiger partial charge on any atom is -0.359 e. The fourth-order valence-electron chi connectivity index (χ4n) is 2.48. The molecule has 100 valence electrons. The van der Waals surface area contributed by atoms with Gasteiger partial charge in [0.15, 0.2) is 0 Å². The molecule has 1 aromatic rings. The molecule has 0 bridgehead atoms. The summed E-state index contributed by atoms with van der Waals surface area (Å²) in [5.41, 5.74) is 1.04. The number of rotatable bonds is 3. The van der Waals surface area contributed by atoms with Gasteiger partial charge in [-0.1, -0.05) is 28.9 Å². The van der Waals surface area contributed by atoms with Gasteiger partial charge >= 0.3 is 0 Å². The van der Waals surface area contributed by atoms with E-state index in [9.17, 15) is 4.79 Å². The molecular weight excluding hydrogens is 306 g/mol. The molecule has 0 spiro atoms. The molecule has 4 nitrogen and oxygen atoms in total. The fraction of sp³-hybridized carbons (Fsp3) is 0.429. The van der Waals surface area contributed by atoms with Gasteiger partial charge in [0.2, 0.25) is 5.91 Å². The van der Waals surface area contributed by atoms with Crippen molar-refractivity contribution in [3.63, 3.8) is 0 Å². The number of carbonyl (C=O) groups excluding carboxylic acids is 1. The van der Waals surface area contributed by atoms with Crippen LogP contribution in [-0.4, -0.2) is 25.0 Å². The third-order valence-electron chi connectivity index (χ3n) is 3.29. The second-order valence-electron chi connectivity index (χ2n) is 4.86. The number of hydrogen-bond donors (Lipinski definition) is 1. The molecule has 0 radical (unpaired) electrons. The summed E-state index contributed by atoms with van der Waals surface area (Å²) in [6.07, 6.45) is 0.823. The van der Waals surface area contributed by atoms with E-state index in [1.54, 1.807) is 0 Å². The molecule has 1 saturated heterocycles. The molecule has 2 atom stereocenters. The molecule has 1 amide bonds. The molecule has 1 aliphatic heterocycles. The summed E-state index contributed by atoms with van der Waals surface area (Å²) in [6.45, 7) is 3.07. The van der Waals surface area contributed by atoms with Crippen LogP contribution < -0.4 is 10.2 Å². The minimum atomic E-state index is -0.183. The standard InChI is InChI=1S/C14H16BrN3O/c1-10-7-13(14(19)17-6-5-16)18(9-10)12-4-2-3-11(15)8-12/h2-4,8,10,13H,6-7,9H2,1H3,(H,17,19)/t10-,13-/m0/s1. The van der Waals surface area contributed by atoms with Crippen LogP contribution in [0.15, 0.2) is 28.7 Å². The zero-order chi connectivity index (χ0) is 13.8. The van der Waals surface area contributed by atoms with E-state index in [-0.39, 0.29) is 18.5 Å². The largest absolute Gasteiger partial charge is 0.359 e. The summed E-state index contributed by atoms with van der Waals surface area (Å²) in [5, 5.41) is 11.2. The van der Waals surface area contributed by atoms with Gasteiger partial charge in [0, 0.05) is 16.7 Å². The van der Waals surface area contributed by atoms with Crippen LogP contribution in [-0.2, 0) is 4.79 Å². The maximum absolute atomic E-state index is 12.1. The highest BCUT2D eigenvalue weighted by Crippen LogP contribution is 2.30. The van der Waals surface area contributed by atoms with E-state index in [0.717, 1.165) is 23.1 Å². The Labute approximate surface area is 121 Å². The van der Waals surface area contributed by atoms with Crippen LogP contribution in [0.25, 0.3) is 0 Å². The highest BCUT2D eigenvalue weighted by molar-refractivity contribution is 9.10. The fourth-order valence-corrected chi connectivity index (χ4v) is 2.87. The lowest BCUT2D eigenvalue weighted by atomic mass is 10.1. The number of hydrogen-bond acceptors (Lipinski definition) is 3. The van der Waals surface area contributed by atoms with E-state index in [1.165, 1.54) is 0 Å². The van der Waals surface area contributed by atoms with Gasteiger partial charge in [-0.25, -0.2) is 0 Å². The van der Waals surface area contributed by atoms with Crippen molar-refractivity contribution in [1.82, 2.24) is 5.32 Å². The zero-order valence-electron chi connectivity index (χ0n) is 10.8. The number of benzene rings is 1. The first kappa shape index (κ1) is 13.9. The molecule has 0 unspecified atom stereocenters. The van der Waals surface area contributed by atoms with Crippen molar-refractivity contribution >= 4 is 27.5 Å². The minimum absolute atomic E-state index is 0.0640. The van der Waals surface area contributed by atoms with Crippen molar-refractivity contribution in [2.75, 3.05) is 18.0 Å². The van der Waals surface area contributed by atoms with Crippen LogP contribution in [0.4, 0.5) is 5.69 Å². The Morgan fingerprint density at radius 2 is 2.42 bits per heavy atom. The van der Waals surface area contributed by atoms with Gasteiger partial charge in [0.1, 0.15) is 12.6 Å². The first-order valence-electron chi connectivity index (χ1n) is 6.28. The molecule has 0 aliphatic carbocycles. The monoisotopic (exact) mass is 321 g/mol. The predicted molar refractivity (Wildman–Crippen MR) is 77.7 cm³/mol.